The first-order valence-corrected chi connectivity index (χ1v) is 9.15. The molecule has 3 heterocycles. The van der Waals surface area contributed by atoms with E-state index in [1.165, 1.54) is 15.9 Å². The second-order valence-corrected chi connectivity index (χ2v) is 8.27. The molecule has 26 heavy (non-hydrogen) atoms. The molecule has 1 aromatic carbocycles. The monoisotopic (exact) mass is 386 g/mol. The lowest BCUT2D eigenvalue weighted by atomic mass is 9.93. The highest BCUT2D eigenvalue weighted by Crippen LogP contribution is 2.31. The van der Waals surface area contributed by atoms with E-state index in [1.54, 1.807) is 12.1 Å². The van der Waals surface area contributed by atoms with Crippen LogP contribution in [0, 0.1) is 0 Å². The molecule has 132 valence electrons. The minimum Gasteiger partial charge on any atom is -0.454 e. The molecule has 8 heteroatoms. The first-order valence-electron chi connectivity index (χ1n) is 7.96. The molecular formula is C18H15ClN4O2S. The zero-order chi connectivity index (χ0) is 18.5. The van der Waals surface area contributed by atoms with Gasteiger partial charge in [-0.1, -0.05) is 43.7 Å². The predicted molar refractivity (Wildman–Crippen MR) is 102 cm³/mol. The molecule has 0 aliphatic carbocycles. The van der Waals surface area contributed by atoms with Gasteiger partial charge >= 0.3 is 0 Å². The van der Waals surface area contributed by atoms with Crippen LogP contribution in [0.4, 0.5) is 0 Å². The Hall–Kier alpha value is -2.51. The molecule has 0 amide bonds. The number of hydrogen-bond donors (Lipinski definition) is 0. The number of halogens is 1. The lowest BCUT2D eigenvalue weighted by Crippen LogP contribution is -2.30. The Balaban J connectivity index is 1.77. The molecule has 4 rings (SSSR count). The summed E-state index contributed by atoms with van der Waals surface area (Å²) in [7, 11) is 0. The molecule has 0 saturated heterocycles. The number of rotatable bonds is 2. The maximum absolute atomic E-state index is 12.6. The Bertz CT molecular complexity index is 1150. The van der Waals surface area contributed by atoms with Gasteiger partial charge in [-0.3, -0.25) is 4.79 Å². The van der Waals surface area contributed by atoms with Crippen molar-refractivity contribution < 1.29 is 4.42 Å². The Morgan fingerprint density at radius 2 is 1.73 bits per heavy atom. The van der Waals surface area contributed by atoms with Gasteiger partial charge in [0.15, 0.2) is 10.8 Å². The van der Waals surface area contributed by atoms with E-state index in [-0.39, 0.29) is 5.56 Å². The molecule has 0 bridgehead atoms. The maximum Gasteiger partial charge on any atom is 0.297 e. The third-order valence-corrected chi connectivity index (χ3v) is 5.01. The Morgan fingerprint density at radius 1 is 1.04 bits per heavy atom. The molecule has 0 spiro atoms. The molecule has 0 saturated carbocycles. The quantitative estimate of drug-likeness (QED) is 0.509. The van der Waals surface area contributed by atoms with E-state index in [0.717, 1.165) is 5.56 Å². The van der Waals surface area contributed by atoms with E-state index in [9.17, 15) is 4.79 Å². The smallest absolute Gasteiger partial charge is 0.297 e. The predicted octanol–water partition coefficient (Wildman–Crippen LogP) is 4.42. The summed E-state index contributed by atoms with van der Waals surface area (Å²) < 4.78 is 7.19. The van der Waals surface area contributed by atoms with Gasteiger partial charge in [-0.15, -0.1) is 15.3 Å². The summed E-state index contributed by atoms with van der Waals surface area (Å²) in [5, 5.41) is 13.9. The topological polar surface area (TPSA) is 73.3 Å². The highest BCUT2D eigenvalue weighted by molar-refractivity contribution is 7.19. The normalized spacial score (nSPS) is 12.0. The van der Waals surface area contributed by atoms with E-state index in [1.807, 2.05) is 45.0 Å². The first-order chi connectivity index (χ1) is 12.3. The number of hydrogen-bond acceptors (Lipinski definition) is 6. The van der Waals surface area contributed by atoms with Crippen LogP contribution in [0.1, 0.15) is 26.5 Å². The first kappa shape index (κ1) is 16.9. The maximum atomic E-state index is 12.6. The molecule has 0 fully saturated rings. The largest absolute Gasteiger partial charge is 0.454 e. The van der Waals surface area contributed by atoms with Gasteiger partial charge in [-0.05, 0) is 36.4 Å². The Labute approximate surface area is 158 Å². The number of fused-ring (bicyclic) bond motifs is 1. The van der Waals surface area contributed by atoms with E-state index >= 15 is 0 Å². The number of furan rings is 1. The van der Waals surface area contributed by atoms with Crippen LogP contribution in [0.2, 0.25) is 5.02 Å². The van der Waals surface area contributed by atoms with Gasteiger partial charge in [0.05, 0.1) is 0 Å². The highest BCUT2D eigenvalue weighted by Gasteiger charge is 2.23. The summed E-state index contributed by atoms with van der Waals surface area (Å²) >= 11 is 7.18. The SMILES string of the molecule is CC(C)(C)c1nnc2sc(-c3ccc(-c4ccc(Cl)cc4)o3)nn2c1=O. The number of nitrogens with zero attached hydrogens (tertiary/aromatic N) is 4. The van der Waals surface area contributed by atoms with Crippen molar-refractivity contribution in [1.82, 2.24) is 19.8 Å². The second kappa shape index (κ2) is 6.03. The summed E-state index contributed by atoms with van der Waals surface area (Å²) in [4.78, 5) is 13.1. The van der Waals surface area contributed by atoms with Crippen LogP contribution in [0.25, 0.3) is 27.1 Å². The van der Waals surface area contributed by atoms with Gasteiger partial charge in [0.1, 0.15) is 11.5 Å². The molecule has 0 atom stereocenters. The van der Waals surface area contributed by atoms with Crippen LogP contribution >= 0.6 is 22.9 Å². The van der Waals surface area contributed by atoms with Crippen molar-refractivity contribution in [2.24, 2.45) is 0 Å². The van der Waals surface area contributed by atoms with Gasteiger partial charge < -0.3 is 4.42 Å². The van der Waals surface area contributed by atoms with Gasteiger partial charge in [0.2, 0.25) is 4.96 Å². The minimum atomic E-state index is -0.401. The lowest BCUT2D eigenvalue weighted by molar-refractivity contribution is 0.542. The molecule has 0 unspecified atom stereocenters. The Kier molecular flexibility index (Phi) is 3.93. The van der Waals surface area contributed by atoms with Crippen molar-refractivity contribution in [1.29, 1.82) is 0 Å². The molecule has 0 aliphatic rings. The Morgan fingerprint density at radius 3 is 2.42 bits per heavy atom. The van der Waals surface area contributed by atoms with Crippen molar-refractivity contribution in [2.75, 3.05) is 0 Å². The van der Waals surface area contributed by atoms with Crippen LogP contribution in [-0.4, -0.2) is 19.8 Å². The summed E-state index contributed by atoms with van der Waals surface area (Å²) in [6, 6.07) is 11.1. The van der Waals surface area contributed by atoms with Crippen molar-refractivity contribution in [2.45, 2.75) is 26.2 Å². The lowest BCUT2D eigenvalue weighted by Gasteiger charge is -2.14. The van der Waals surface area contributed by atoms with Crippen molar-refractivity contribution >= 4 is 27.9 Å². The van der Waals surface area contributed by atoms with Crippen LogP contribution in [0.3, 0.4) is 0 Å². The van der Waals surface area contributed by atoms with Crippen molar-refractivity contribution in [3.63, 3.8) is 0 Å². The van der Waals surface area contributed by atoms with Crippen LogP contribution in [0.5, 0.6) is 0 Å². The molecule has 0 N–H and O–H groups in total. The number of aromatic nitrogens is 4. The van der Waals surface area contributed by atoms with Gasteiger partial charge in [-0.25, -0.2) is 0 Å². The number of benzene rings is 1. The van der Waals surface area contributed by atoms with E-state index < -0.39 is 5.41 Å². The van der Waals surface area contributed by atoms with Gasteiger partial charge in [0.25, 0.3) is 5.56 Å². The molecule has 6 nitrogen and oxygen atoms in total. The molecule has 3 aromatic heterocycles. The highest BCUT2D eigenvalue weighted by atomic mass is 35.5. The molecule has 0 aliphatic heterocycles. The van der Waals surface area contributed by atoms with Crippen LogP contribution in [0.15, 0.2) is 45.6 Å². The van der Waals surface area contributed by atoms with Gasteiger partial charge in [0, 0.05) is 16.0 Å². The second-order valence-electron chi connectivity index (χ2n) is 6.88. The van der Waals surface area contributed by atoms with Crippen molar-refractivity contribution in [3.8, 4) is 22.1 Å². The van der Waals surface area contributed by atoms with Crippen molar-refractivity contribution in [3.05, 3.63) is 57.5 Å². The zero-order valence-corrected chi connectivity index (χ0v) is 15.9. The summed E-state index contributed by atoms with van der Waals surface area (Å²) in [5.74, 6) is 1.27. The fraction of sp³-hybridized carbons (Fsp3) is 0.222. The summed E-state index contributed by atoms with van der Waals surface area (Å²) in [5.41, 5.74) is 0.637. The standard InChI is InChI=1S/C18H15ClN4O2S/c1-18(2,3)14-16(24)23-17(21-20-14)26-15(22-23)13-9-8-12(25-13)10-4-6-11(19)7-5-10/h4-9H,1-3H3. The summed E-state index contributed by atoms with van der Waals surface area (Å²) in [6.07, 6.45) is 0. The third-order valence-electron chi connectivity index (χ3n) is 3.85. The zero-order valence-electron chi connectivity index (χ0n) is 14.4. The molecule has 4 aromatic rings. The fourth-order valence-electron chi connectivity index (χ4n) is 2.51. The van der Waals surface area contributed by atoms with E-state index in [4.69, 9.17) is 16.0 Å². The van der Waals surface area contributed by atoms with E-state index in [2.05, 4.69) is 15.3 Å². The average molecular weight is 387 g/mol. The third kappa shape index (κ3) is 2.93. The molecule has 0 radical (unpaired) electrons. The fourth-order valence-corrected chi connectivity index (χ4v) is 3.43. The summed E-state index contributed by atoms with van der Waals surface area (Å²) in [6.45, 7) is 5.76. The van der Waals surface area contributed by atoms with Crippen LogP contribution < -0.4 is 5.56 Å². The van der Waals surface area contributed by atoms with Gasteiger partial charge in [-0.2, -0.15) is 4.52 Å². The average Bonchev–Trinajstić information content (AvgIpc) is 3.21. The van der Waals surface area contributed by atoms with Crippen LogP contribution in [-0.2, 0) is 5.41 Å². The van der Waals surface area contributed by atoms with E-state index in [0.29, 0.717) is 32.2 Å². The molecular weight excluding hydrogens is 372 g/mol. The minimum absolute atomic E-state index is 0.255.